The van der Waals surface area contributed by atoms with Gasteiger partial charge in [-0.2, -0.15) is 0 Å². The molecule has 0 atom stereocenters. The highest BCUT2D eigenvalue weighted by molar-refractivity contribution is 6.16. The summed E-state index contributed by atoms with van der Waals surface area (Å²) in [6, 6.07) is 4.40. The average Bonchev–Trinajstić information content (AvgIpc) is 3.09. The van der Waals surface area contributed by atoms with Crippen LogP contribution in [-0.2, 0) is 9.53 Å². The smallest absolute Gasteiger partial charge is 0.444 e. The van der Waals surface area contributed by atoms with Gasteiger partial charge in [0.15, 0.2) is 11.5 Å². The zero-order valence-electron chi connectivity index (χ0n) is 16.3. The molecule has 0 radical (unpaired) electrons. The van der Waals surface area contributed by atoms with E-state index in [4.69, 9.17) is 4.74 Å². The number of rotatable bonds is 1. The predicted molar refractivity (Wildman–Crippen MR) is 97.1 cm³/mol. The average molecular weight is 409 g/mol. The van der Waals surface area contributed by atoms with E-state index in [1.807, 2.05) is 0 Å². The fourth-order valence-electron chi connectivity index (χ4n) is 3.52. The molecule has 8 nitrogen and oxygen atoms in total. The summed E-state index contributed by atoms with van der Waals surface area (Å²) in [6.07, 6.45) is -3.62. The second-order valence-corrected chi connectivity index (χ2v) is 8.21. The van der Waals surface area contributed by atoms with Gasteiger partial charge in [0.05, 0.1) is 5.56 Å². The SMILES string of the molecule is CC(C)(C)OC(=O)N1CCC2(CC1)N=C(c1cccc3c1OC(F)(F)O3)NC2=O. The normalized spacial score (nSPS) is 21.8. The first-order chi connectivity index (χ1) is 13.5. The van der Waals surface area contributed by atoms with Crippen molar-refractivity contribution in [2.75, 3.05) is 13.1 Å². The molecule has 0 saturated carbocycles. The van der Waals surface area contributed by atoms with Crippen molar-refractivity contribution in [2.24, 2.45) is 4.99 Å². The van der Waals surface area contributed by atoms with E-state index in [0.717, 1.165) is 0 Å². The van der Waals surface area contributed by atoms with Gasteiger partial charge >= 0.3 is 12.4 Å². The van der Waals surface area contributed by atoms with Crippen molar-refractivity contribution in [1.82, 2.24) is 10.2 Å². The third-order valence-corrected chi connectivity index (χ3v) is 4.91. The van der Waals surface area contributed by atoms with Crippen LogP contribution in [0.1, 0.15) is 39.2 Å². The summed E-state index contributed by atoms with van der Waals surface area (Å²) in [5.41, 5.74) is -1.45. The zero-order valence-corrected chi connectivity index (χ0v) is 16.3. The number of benzene rings is 1. The zero-order chi connectivity index (χ0) is 21.0. The number of para-hydroxylation sites is 1. The van der Waals surface area contributed by atoms with E-state index in [-0.39, 0.29) is 28.8 Å². The van der Waals surface area contributed by atoms with Gasteiger partial charge in [-0.3, -0.25) is 9.79 Å². The lowest BCUT2D eigenvalue weighted by atomic mass is 9.88. The van der Waals surface area contributed by atoms with E-state index < -0.39 is 23.5 Å². The molecule has 1 saturated heterocycles. The van der Waals surface area contributed by atoms with Gasteiger partial charge in [-0.25, -0.2) is 4.79 Å². The van der Waals surface area contributed by atoms with E-state index in [2.05, 4.69) is 19.8 Å². The maximum atomic E-state index is 13.4. The van der Waals surface area contributed by atoms with Gasteiger partial charge in [0.25, 0.3) is 5.91 Å². The summed E-state index contributed by atoms with van der Waals surface area (Å²) < 4.78 is 41.3. The Bertz CT molecular complexity index is 902. The van der Waals surface area contributed by atoms with E-state index in [1.54, 1.807) is 20.8 Å². The monoisotopic (exact) mass is 409 g/mol. The minimum atomic E-state index is -3.77. The number of halogens is 2. The minimum absolute atomic E-state index is 0.120. The van der Waals surface area contributed by atoms with Crippen molar-refractivity contribution in [3.05, 3.63) is 23.8 Å². The van der Waals surface area contributed by atoms with E-state index in [1.165, 1.54) is 23.1 Å². The van der Waals surface area contributed by atoms with E-state index >= 15 is 0 Å². The molecule has 156 valence electrons. The number of likely N-dealkylation sites (tertiary alicyclic amines) is 1. The van der Waals surface area contributed by atoms with Gasteiger partial charge in [0.2, 0.25) is 0 Å². The van der Waals surface area contributed by atoms with Crippen LogP contribution < -0.4 is 14.8 Å². The van der Waals surface area contributed by atoms with Crippen LogP contribution in [0.5, 0.6) is 11.5 Å². The number of hydrogen-bond donors (Lipinski definition) is 1. The quantitative estimate of drug-likeness (QED) is 0.770. The van der Waals surface area contributed by atoms with E-state index in [0.29, 0.717) is 25.9 Å². The predicted octanol–water partition coefficient (Wildman–Crippen LogP) is 2.65. The number of nitrogens with zero attached hydrogens (tertiary/aromatic N) is 2. The van der Waals surface area contributed by atoms with Crippen LogP contribution in [0.4, 0.5) is 13.6 Å². The highest BCUT2D eigenvalue weighted by Crippen LogP contribution is 2.44. The molecule has 1 aromatic carbocycles. The highest BCUT2D eigenvalue weighted by Gasteiger charge is 2.49. The Balaban J connectivity index is 1.53. The molecule has 0 unspecified atom stereocenters. The molecule has 1 fully saturated rings. The maximum absolute atomic E-state index is 13.4. The fraction of sp³-hybridized carbons (Fsp3) is 0.526. The Morgan fingerprint density at radius 2 is 1.93 bits per heavy atom. The van der Waals surface area contributed by atoms with Crippen LogP contribution in [-0.4, -0.2) is 53.3 Å². The summed E-state index contributed by atoms with van der Waals surface area (Å²) in [6.45, 7) is 5.94. The summed E-state index contributed by atoms with van der Waals surface area (Å²) in [7, 11) is 0. The first-order valence-electron chi connectivity index (χ1n) is 9.27. The summed E-state index contributed by atoms with van der Waals surface area (Å²) in [5, 5.41) is 2.67. The van der Waals surface area contributed by atoms with Crippen molar-refractivity contribution < 1.29 is 32.6 Å². The van der Waals surface area contributed by atoms with Crippen LogP contribution in [0.15, 0.2) is 23.2 Å². The van der Waals surface area contributed by atoms with Gasteiger partial charge in [-0.15, -0.1) is 8.78 Å². The van der Waals surface area contributed by atoms with Crippen LogP contribution in [0, 0.1) is 0 Å². The molecular weight excluding hydrogens is 388 g/mol. The number of carbonyl (C=O) groups is 2. The third-order valence-electron chi connectivity index (χ3n) is 4.91. The largest absolute Gasteiger partial charge is 0.586 e. The molecule has 3 aliphatic rings. The number of ether oxygens (including phenoxy) is 3. The topological polar surface area (TPSA) is 89.5 Å². The summed E-state index contributed by atoms with van der Waals surface area (Å²) in [4.78, 5) is 31.0. The number of piperidine rings is 1. The molecule has 0 aromatic heterocycles. The lowest BCUT2D eigenvalue weighted by Gasteiger charge is -2.36. The Morgan fingerprint density at radius 1 is 1.24 bits per heavy atom. The number of nitrogens with one attached hydrogen (secondary N) is 1. The van der Waals surface area contributed by atoms with Gasteiger partial charge < -0.3 is 24.4 Å². The second-order valence-electron chi connectivity index (χ2n) is 8.21. The Hall–Kier alpha value is -2.91. The number of carbonyl (C=O) groups excluding carboxylic acids is 2. The molecule has 29 heavy (non-hydrogen) atoms. The number of alkyl halides is 2. The molecule has 3 heterocycles. The van der Waals surface area contributed by atoms with Crippen molar-refractivity contribution in [1.29, 1.82) is 0 Å². The molecule has 10 heteroatoms. The van der Waals surface area contributed by atoms with Crippen molar-refractivity contribution >= 4 is 17.8 Å². The first-order valence-corrected chi connectivity index (χ1v) is 9.27. The molecule has 2 amide bonds. The van der Waals surface area contributed by atoms with Crippen LogP contribution in [0.2, 0.25) is 0 Å². The molecule has 0 aliphatic carbocycles. The number of fused-ring (bicyclic) bond motifs is 1. The molecule has 1 N–H and O–H groups in total. The highest BCUT2D eigenvalue weighted by atomic mass is 19.3. The second kappa shape index (κ2) is 6.30. The summed E-state index contributed by atoms with van der Waals surface area (Å²) in [5.74, 6) is -0.469. The number of amides is 2. The van der Waals surface area contributed by atoms with Gasteiger partial charge in [0.1, 0.15) is 17.0 Å². The Morgan fingerprint density at radius 3 is 2.59 bits per heavy atom. The Kier molecular flexibility index (Phi) is 4.21. The number of aliphatic imine (C=N–C) groups is 1. The molecule has 1 spiro atoms. The molecule has 0 bridgehead atoms. The van der Waals surface area contributed by atoms with E-state index in [9.17, 15) is 18.4 Å². The molecule has 4 rings (SSSR count). The van der Waals surface area contributed by atoms with Gasteiger partial charge in [0, 0.05) is 13.1 Å². The third kappa shape index (κ3) is 3.58. The van der Waals surface area contributed by atoms with Crippen LogP contribution in [0.25, 0.3) is 0 Å². The van der Waals surface area contributed by atoms with Crippen LogP contribution >= 0.6 is 0 Å². The molecule has 1 aromatic rings. The standard InChI is InChI=1S/C19H21F2N3O5/c1-17(2,3)29-16(26)24-9-7-18(8-10-24)15(25)22-14(23-18)11-5-4-6-12-13(11)28-19(20,21)27-12/h4-6H,7-10H2,1-3H3,(H,22,23,25). The molecule has 3 aliphatic heterocycles. The van der Waals surface area contributed by atoms with Crippen molar-refractivity contribution in [2.45, 2.75) is 51.0 Å². The summed E-state index contributed by atoms with van der Waals surface area (Å²) >= 11 is 0. The Labute approximate surface area is 165 Å². The lowest BCUT2D eigenvalue weighted by molar-refractivity contribution is -0.286. The lowest BCUT2D eigenvalue weighted by Crippen LogP contribution is -2.51. The minimum Gasteiger partial charge on any atom is -0.444 e. The maximum Gasteiger partial charge on any atom is 0.586 e. The van der Waals surface area contributed by atoms with Crippen molar-refractivity contribution in [3.63, 3.8) is 0 Å². The van der Waals surface area contributed by atoms with Gasteiger partial charge in [-0.05, 0) is 45.7 Å². The van der Waals surface area contributed by atoms with Gasteiger partial charge in [-0.1, -0.05) is 6.07 Å². The first kappa shape index (κ1) is 19.4. The van der Waals surface area contributed by atoms with Crippen LogP contribution in [0.3, 0.4) is 0 Å². The van der Waals surface area contributed by atoms with Crippen molar-refractivity contribution in [3.8, 4) is 11.5 Å². The molecular formula is C19H21F2N3O5. The number of hydrogen-bond acceptors (Lipinski definition) is 6. The fourth-order valence-corrected chi connectivity index (χ4v) is 3.52. The number of amidine groups is 1.